The van der Waals surface area contributed by atoms with Gasteiger partial charge in [0.1, 0.15) is 0 Å². The summed E-state index contributed by atoms with van der Waals surface area (Å²) in [4.78, 5) is 23.3. The molecule has 0 spiro atoms. The second-order valence-electron chi connectivity index (χ2n) is 6.20. The van der Waals surface area contributed by atoms with Gasteiger partial charge in [-0.3, -0.25) is 9.52 Å². The maximum atomic E-state index is 12.8. The molecule has 8 heteroatoms. The number of carbonyl (C=O) groups is 2. The summed E-state index contributed by atoms with van der Waals surface area (Å²) in [6, 6.07) is 9.85. The lowest BCUT2D eigenvalue weighted by Gasteiger charge is -2.16. The summed E-state index contributed by atoms with van der Waals surface area (Å²) in [5.41, 5.74) is 0.407. The number of rotatable bonds is 7. The van der Waals surface area contributed by atoms with Gasteiger partial charge in [-0.2, -0.15) is 0 Å². The summed E-state index contributed by atoms with van der Waals surface area (Å²) in [6.07, 6.45) is 0.731. The summed E-state index contributed by atoms with van der Waals surface area (Å²) >= 11 is 0. The van der Waals surface area contributed by atoms with Crippen molar-refractivity contribution in [1.82, 2.24) is 5.32 Å². The Bertz CT molecular complexity index is 970. The molecule has 0 unspecified atom stereocenters. The van der Waals surface area contributed by atoms with Crippen LogP contribution in [0.25, 0.3) is 0 Å². The fourth-order valence-electron chi connectivity index (χ4n) is 2.39. The molecule has 7 nitrogen and oxygen atoms in total. The molecule has 2 rings (SSSR count). The Hall–Kier alpha value is -2.87. The summed E-state index contributed by atoms with van der Waals surface area (Å²) in [5, 5.41) is 13.8. The van der Waals surface area contributed by atoms with Gasteiger partial charge in [-0.05, 0) is 49.6 Å². The van der Waals surface area contributed by atoms with Crippen LogP contribution in [-0.4, -0.2) is 26.3 Å². The van der Waals surface area contributed by atoms with Crippen LogP contribution in [0.5, 0.6) is 0 Å². The van der Waals surface area contributed by atoms with Gasteiger partial charge in [-0.1, -0.05) is 31.2 Å². The van der Waals surface area contributed by atoms with Crippen LogP contribution in [0.4, 0.5) is 5.69 Å². The highest BCUT2D eigenvalue weighted by Gasteiger charge is 2.21. The largest absolute Gasteiger partial charge is 0.545 e. The van der Waals surface area contributed by atoms with Crippen LogP contribution in [-0.2, 0) is 10.0 Å². The third-order valence-electron chi connectivity index (χ3n) is 4.12. The number of sulfonamides is 1. The van der Waals surface area contributed by atoms with Crippen molar-refractivity contribution >= 4 is 27.6 Å². The topological polar surface area (TPSA) is 115 Å². The molecule has 0 saturated carbocycles. The predicted molar refractivity (Wildman–Crippen MR) is 100.0 cm³/mol. The van der Waals surface area contributed by atoms with E-state index >= 15 is 0 Å². The number of carboxylic acids is 1. The van der Waals surface area contributed by atoms with E-state index in [-0.39, 0.29) is 27.8 Å². The predicted octanol–water partition coefficient (Wildman–Crippen LogP) is 1.69. The quantitative estimate of drug-likeness (QED) is 0.748. The number of para-hydroxylation sites is 1. The van der Waals surface area contributed by atoms with E-state index in [1.807, 2.05) is 13.8 Å². The van der Waals surface area contributed by atoms with Crippen molar-refractivity contribution in [3.05, 3.63) is 59.2 Å². The second-order valence-corrected chi connectivity index (χ2v) is 7.85. The van der Waals surface area contributed by atoms with Gasteiger partial charge in [0.15, 0.2) is 0 Å². The smallest absolute Gasteiger partial charge is 0.262 e. The molecule has 2 N–H and O–H groups in total. The summed E-state index contributed by atoms with van der Waals surface area (Å²) < 4.78 is 28.0. The molecule has 144 valence electrons. The van der Waals surface area contributed by atoms with Crippen LogP contribution in [0.2, 0.25) is 0 Å². The van der Waals surface area contributed by atoms with Crippen LogP contribution in [0.15, 0.2) is 47.4 Å². The van der Waals surface area contributed by atoms with E-state index in [0.717, 1.165) is 12.5 Å². The molecule has 0 saturated heterocycles. The highest BCUT2D eigenvalue weighted by atomic mass is 32.2. The van der Waals surface area contributed by atoms with Crippen LogP contribution in [0.1, 0.15) is 46.5 Å². The molecule has 27 heavy (non-hydrogen) atoms. The Morgan fingerprint density at radius 1 is 1.15 bits per heavy atom. The average molecular weight is 389 g/mol. The third kappa shape index (κ3) is 4.85. The fourth-order valence-corrected chi connectivity index (χ4v) is 3.74. The van der Waals surface area contributed by atoms with E-state index in [4.69, 9.17) is 0 Å². The van der Waals surface area contributed by atoms with E-state index in [2.05, 4.69) is 10.0 Å². The molecule has 1 atom stereocenters. The molecule has 0 aliphatic heterocycles. The standard InChI is InChI=1S/C19H22N2O5S/c1-4-13(3)20-18(22)15-7-5-6-8-16(15)21-27(25,26)17-11-14(19(23)24)10-9-12(17)2/h5-11,13,21H,4H2,1-3H3,(H,20,22)(H,23,24)/p-1/t13-/m1/s1. The van der Waals surface area contributed by atoms with E-state index in [9.17, 15) is 23.1 Å². The molecule has 0 aliphatic carbocycles. The number of hydrogen-bond donors (Lipinski definition) is 2. The zero-order valence-corrected chi connectivity index (χ0v) is 16.1. The molecule has 0 heterocycles. The number of hydrogen-bond acceptors (Lipinski definition) is 5. The van der Waals surface area contributed by atoms with Crippen molar-refractivity contribution < 1.29 is 23.1 Å². The van der Waals surface area contributed by atoms with E-state index < -0.39 is 21.9 Å². The van der Waals surface area contributed by atoms with Crippen molar-refractivity contribution in [3.8, 4) is 0 Å². The number of aryl methyl sites for hydroxylation is 1. The molecule has 1 amide bonds. The van der Waals surface area contributed by atoms with Crippen LogP contribution in [0.3, 0.4) is 0 Å². The van der Waals surface area contributed by atoms with Gasteiger partial charge in [-0.25, -0.2) is 8.42 Å². The first-order valence-corrected chi connectivity index (χ1v) is 9.88. The van der Waals surface area contributed by atoms with E-state index in [1.54, 1.807) is 19.1 Å². The Morgan fingerprint density at radius 2 is 1.81 bits per heavy atom. The van der Waals surface area contributed by atoms with Gasteiger partial charge in [0.25, 0.3) is 15.9 Å². The number of aromatic carboxylic acids is 1. The Morgan fingerprint density at radius 3 is 2.44 bits per heavy atom. The lowest BCUT2D eigenvalue weighted by Crippen LogP contribution is -2.32. The first kappa shape index (κ1) is 20.4. The van der Waals surface area contributed by atoms with Gasteiger partial charge in [0.05, 0.1) is 22.1 Å². The highest BCUT2D eigenvalue weighted by molar-refractivity contribution is 7.92. The minimum Gasteiger partial charge on any atom is -0.545 e. The molecule has 0 radical (unpaired) electrons. The molecule has 2 aromatic carbocycles. The normalized spacial score (nSPS) is 12.3. The maximum absolute atomic E-state index is 12.8. The Balaban J connectivity index is 2.41. The van der Waals surface area contributed by atoms with Crippen LogP contribution < -0.4 is 15.1 Å². The van der Waals surface area contributed by atoms with Gasteiger partial charge in [0, 0.05) is 6.04 Å². The minimum atomic E-state index is -4.11. The summed E-state index contributed by atoms with van der Waals surface area (Å²) in [5.74, 6) is -1.87. The number of nitrogens with one attached hydrogen (secondary N) is 2. The number of benzene rings is 2. The molecule has 0 aromatic heterocycles. The summed E-state index contributed by atoms with van der Waals surface area (Å²) in [7, 11) is -4.11. The molecular formula is C19H21N2O5S-. The monoisotopic (exact) mass is 389 g/mol. The van der Waals surface area contributed by atoms with Crippen LogP contribution >= 0.6 is 0 Å². The van der Waals surface area contributed by atoms with Crippen molar-refractivity contribution in [2.24, 2.45) is 0 Å². The van der Waals surface area contributed by atoms with Crippen molar-refractivity contribution in [3.63, 3.8) is 0 Å². The van der Waals surface area contributed by atoms with Crippen molar-refractivity contribution in [2.45, 2.75) is 38.1 Å². The maximum Gasteiger partial charge on any atom is 0.262 e. The minimum absolute atomic E-state index is 0.0656. The lowest BCUT2D eigenvalue weighted by molar-refractivity contribution is -0.255. The summed E-state index contributed by atoms with van der Waals surface area (Å²) in [6.45, 7) is 5.32. The molecular weight excluding hydrogens is 368 g/mol. The number of anilines is 1. The highest BCUT2D eigenvalue weighted by Crippen LogP contribution is 2.23. The van der Waals surface area contributed by atoms with Gasteiger partial charge in [0.2, 0.25) is 0 Å². The van der Waals surface area contributed by atoms with Crippen LogP contribution in [0, 0.1) is 6.92 Å². The second kappa shape index (κ2) is 8.22. The average Bonchev–Trinajstić information content (AvgIpc) is 2.61. The Kier molecular flexibility index (Phi) is 6.22. The Labute approximate surface area is 158 Å². The molecule has 0 bridgehead atoms. The lowest BCUT2D eigenvalue weighted by atomic mass is 10.1. The number of carboxylic acid groups (broad SMARTS) is 1. The van der Waals surface area contributed by atoms with Gasteiger partial charge in [-0.15, -0.1) is 0 Å². The zero-order valence-electron chi connectivity index (χ0n) is 15.3. The van der Waals surface area contributed by atoms with E-state index in [1.165, 1.54) is 24.3 Å². The van der Waals surface area contributed by atoms with Gasteiger partial charge < -0.3 is 15.2 Å². The fraction of sp³-hybridized carbons (Fsp3) is 0.263. The first-order chi connectivity index (χ1) is 12.7. The SMILES string of the molecule is CC[C@@H](C)NC(=O)c1ccccc1NS(=O)(=O)c1cc(C(=O)[O-])ccc1C. The molecule has 0 aliphatic rings. The van der Waals surface area contributed by atoms with Crippen molar-refractivity contribution in [1.29, 1.82) is 0 Å². The number of amides is 1. The number of carbonyl (C=O) groups excluding carboxylic acids is 2. The first-order valence-electron chi connectivity index (χ1n) is 8.40. The third-order valence-corrected chi connectivity index (χ3v) is 5.63. The van der Waals surface area contributed by atoms with Crippen molar-refractivity contribution in [2.75, 3.05) is 4.72 Å². The molecule has 0 fully saturated rings. The zero-order chi connectivity index (χ0) is 20.2. The van der Waals surface area contributed by atoms with E-state index in [0.29, 0.717) is 5.56 Å². The molecule has 2 aromatic rings. The van der Waals surface area contributed by atoms with Gasteiger partial charge >= 0.3 is 0 Å².